The Hall–Kier alpha value is -0.900. The molecule has 0 saturated heterocycles. The number of carbonyl (C=O) groups is 2. The molecule has 0 bridgehead atoms. The summed E-state index contributed by atoms with van der Waals surface area (Å²) in [7, 11) is 0. The van der Waals surface area contributed by atoms with Gasteiger partial charge in [0.05, 0.1) is 6.04 Å². The van der Waals surface area contributed by atoms with Crippen LogP contribution in [0.4, 0.5) is 0 Å². The first kappa shape index (κ1) is 22.1. The molecular weight excluding hydrogens is 288 g/mol. The maximum atomic E-state index is 11.7. The first-order valence-corrected chi connectivity index (χ1v) is 9.58. The summed E-state index contributed by atoms with van der Waals surface area (Å²) >= 11 is 0. The number of hydrogen-bond donors (Lipinski definition) is 2. The van der Waals surface area contributed by atoms with Crippen molar-refractivity contribution >= 4 is 11.8 Å². The molecule has 0 radical (unpaired) electrons. The number of amides is 2. The van der Waals surface area contributed by atoms with E-state index < -0.39 is 6.04 Å². The standard InChI is InChI=1S/C19H38N2O2/c1-4-5-6-7-8-9-10-11-12-13-14-15-17(22)21-19(23)18(20)16(2)3/h16,18H,4-15,20H2,1-3H3,(H,21,22,23)/t18-/m0/s1. The number of hydrogen-bond acceptors (Lipinski definition) is 3. The summed E-state index contributed by atoms with van der Waals surface area (Å²) in [4.78, 5) is 23.3. The number of rotatable bonds is 14. The van der Waals surface area contributed by atoms with Crippen LogP contribution in [0.15, 0.2) is 0 Å². The minimum Gasteiger partial charge on any atom is -0.320 e. The van der Waals surface area contributed by atoms with Crippen LogP contribution in [0.2, 0.25) is 0 Å². The molecular formula is C19H38N2O2. The molecule has 2 amide bonds. The Kier molecular flexibility index (Phi) is 14.1. The summed E-state index contributed by atoms with van der Waals surface area (Å²) in [6.07, 6.45) is 14.2. The zero-order chi connectivity index (χ0) is 17.5. The molecule has 0 aliphatic carbocycles. The lowest BCUT2D eigenvalue weighted by Gasteiger charge is -2.14. The Balaban J connectivity index is 3.41. The van der Waals surface area contributed by atoms with Crippen molar-refractivity contribution in [1.29, 1.82) is 0 Å². The van der Waals surface area contributed by atoms with Gasteiger partial charge in [-0.1, -0.05) is 85.0 Å². The van der Waals surface area contributed by atoms with Gasteiger partial charge < -0.3 is 5.73 Å². The van der Waals surface area contributed by atoms with E-state index in [-0.39, 0.29) is 17.7 Å². The van der Waals surface area contributed by atoms with Gasteiger partial charge in [0.15, 0.2) is 0 Å². The lowest BCUT2D eigenvalue weighted by molar-refractivity contribution is -0.131. The number of imide groups is 1. The summed E-state index contributed by atoms with van der Waals surface area (Å²) in [6, 6.07) is -0.601. The molecule has 4 heteroatoms. The maximum Gasteiger partial charge on any atom is 0.243 e. The lowest BCUT2D eigenvalue weighted by Crippen LogP contribution is -2.46. The third-order valence-corrected chi connectivity index (χ3v) is 4.29. The van der Waals surface area contributed by atoms with E-state index in [9.17, 15) is 9.59 Å². The molecule has 3 N–H and O–H groups in total. The van der Waals surface area contributed by atoms with Crippen molar-refractivity contribution in [2.24, 2.45) is 11.7 Å². The molecule has 0 aromatic heterocycles. The zero-order valence-electron chi connectivity index (χ0n) is 15.5. The second kappa shape index (κ2) is 14.7. The number of nitrogens with one attached hydrogen (secondary N) is 1. The van der Waals surface area contributed by atoms with Crippen molar-refractivity contribution in [3.8, 4) is 0 Å². The molecule has 0 spiro atoms. The smallest absolute Gasteiger partial charge is 0.243 e. The number of carbonyl (C=O) groups excluding carboxylic acids is 2. The van der Waals surface area contributed by atoms with E-state index in [1.54, 1.807) is 0 Å². The van der Waals surface area contributed by atoms with Crippen LogP contribution in [-0.4, -0.2) is 17.9 Å². The van der Waals surface area contributed by atoms with Crippen LogP contribution in [-0.2, 0) is 9.59 Å². The fraction of sp³-hybridized carbons (Fsp3) is 0.895. The molecule has 0 aliphatic heterocycles. The Bertz CT molecular complexity index is 316. The normalized spacial score (nSPS) is 12.4. The van der Waals surface area contributed by atoms with Crippen molar-refractivity contribution in [2.75, 3.05) is 0 Å². The predicted octanol–water partition coefficient (Wildman–Crippen LogP) is 4.31. The van der Waals surface area contributed by atoms with Gasteiger partial charge in [-0.3, -0.25) is 14.9 Å². The molecule has 0 saturated carbocycles. The number of nitrogens with two attached hydrogens (primary N) is 1. The number of unbranched alkanes of at least 4 members (excludes halogenated alkanes) is 10. The lowest BCUT2D eigenvalue weighted by atomic mass is 10.0. The van der Waals surface area contributed by atoms with E-state index in [1.165, 1.54) is 57.8 Å². The van der Waals surface area contributed by atoms with E-state index >= 15 is 0 Å². The SMILES string of the molecule is CCCCCCCCCCCCCC(=O)NC(=O)[C@@H](N)C(C)C. The first-order valence-electron chi connectivity index (χ1n) is 9.58. The monoisotopic (exact) mass is 326 g/mol. The molecule has 0 fully saturated rings. The van der Waals surface area contributed by atoms with E-state index in [4.69, 9.17) is 5.73 Å². The molecule has 0 aromatic rings. The van der Waals surface area contributed by atoms with Crippen LogP contribution < -0.4 is 11.1 Å². The quantitative estimate of drug-likeness (QED) is 0.467. The second-order valence-electron chi connectivity index (χ2n) is 6.97. The topological polar surface area (TPSA) is 72.2 Å². The van der Waals surface area contributed by atoms with Crippen molar-refractivity contribution in [3.05, 3.63) is 0 Å². The maximum absolute atomic E-state index is 11.7. The van der Waals surface area contributed by atoms with Crippen molar-refractivity contribution in [2.45, 2.75) is 104 Å². The highest BCUT2D eigenvalue weighted by Crippen LogP contribution is 2.11. The fourth-order valence-corrected chi connectivity index (χ4v) is 2.54. The van der Waals surface area contributed by atoms with Gasteiger partial charge in [0, 0.05) is 6.42 Å². The van der Waals surface area contributed by atoms with Crippen molar-refractivity contribution < 1.29 is 9.59 Å². The Morgan fingerprint density at radius 3 is 1.70 bits per heavy atom. The Morgan fingerprint density at radius 2 is 1.26 bits per heavy atom. The van der Waals surface area contributed by atoms with E-state index in [1.807, 2.05) is 13.8 Å². The van der Waals surface area contributed by atoms with Gasteiger partial charge >= 0.3 is 0 Å². The zero-order valence-corrected chi connectivity index (χ0v) is 15.5. The molecule has 0 rings (SSSR count). The highest BCUT2D eigenvalue weighted by molar-refractivity contribution is 5.97. The van der Waals surface area contributed by atoms with Gasteiger partial charge in [-0.25, -0.2) is 0 Å². The minimum atomic E-state index is -0.601. The van der Waals surface area contributed by atoms with E-state index in [0.29, 0.717) is 6.42 Å². The summed E-state index contributed by atoms with van der Waals surface area (Å²) in [5.41, 5.74) is 5.71. The molecule has 0 aromatic carbocycles. The summed E-state index contributed by atoms with van der Waals surface area (Å²) < 4.78 is 0. The van der Waals surface area contributed by atoms with Gasteiger partial charge in [0.25, 0.3) is 0 Å². The van der Waals surface area contributed by atoms with Crippen molar-refractivity contribution in [1.82, 2.24) is 5.32 Å². The molecule has 4 nitrogen and oxygen atoms in total. The third-order valence-electron chi connectivity index (χ3n) is 4.29. The van der Waals surface area contributed by atoms with Gasteiger partial charge in [-0.05, 0) is 12.3 Å². The van der Waals surface area contributed by atoms with Crippen LogP contribution in [0, 0.1) is 5.92 Å². The fourth-order valence-electron chi connectivity index (χ4n) is 2.54. The highest BCUT2D eigenvalue weighted by atomic mass is 16.2. The molecule has 0 unspecified atom stereocenters. The average Bonchev–Trinajstić information content (AvgIpc) is 2.51. The first-order chi connectivity index (χ1) is 11.0. The molecule has 0 aliphatic rings. The summed E-state index contributed by atoms with van der Waals surface area (Å²) in [5, 5.41) is 2.39. The Morgan fingerprint density at radius 1 is 0.826 bits per heavy atom. The predicted molar refractivity (Wildman–Crippen MR) is 97.0 cm³/mol. The van der Waals surface area contributed by atoms with Gasteiger partial charge in [0.2, 0.25) is 11.8 Å². The molecule has 1 atom stereocenters. The summed E-state index contributed by atoms with van der Waals surface area (Å²) in [5.74, 6) is -0.500. The van der Waals surface area contributed by atoms with Crippen LogP contribution in [0.1, 0.15) is 97.8 Å². The van der Waals surface area contributed by atoms with Crippen LogP contribution in [0.3, 0.4) is 0 Å². The van der Waals surface area contributed by atoms with E-state index in [2.05, 4.69) is 12.2 Å². The minimum absolute atomic E-state index is 0.0461. The summed E-state index contributed by atoms with van der Waals surface area (Å²) in [6.45, 7) is 5.99. The second-order valence-corrected chi connectivity index (χ2v) is 6.97. The van der Waals surface area contributed by atoms with Gasteiger partial charge in [-0.15, -0.1) is 0 Å². The molecule has 0 heterocycles. The van der Waals surface area contributed by atoms with Gasteiger partial charge in [0.1, 0.15) is 0 Å². The van der Waals surface area contributed by atoms with Gasteiger partial charge in [-0.2, -0.15) is 0 Å². The average molecular weight is 327 g/mol. The highest BCUT2D eigenvalue weighted by Gasteiger charge is 2.18. The largest absolute Gasteiger partial charge is 0.320 e. The van der Waals surface area contributed by atoms with Crippen LogP contribution in [0.5, 0.6) is 0 Å². The molecule has 136 valence electrons. The van der Waals surface area contributed by atoms with Crippen LogP contribution in [0.25, 0.3) is 0 Å². The third kappa shape index (κ3) is 13.3. The Labute approximate surface area is 143 Å². The molecule has 23 heavy (non-hydrogen) atoms. The van der Waals surface area contributed by atoms with Crippen LogP contribution >= 0.6 is 0 Å². The van der Waals surface area contributed by atoms with Crippen molar-refractivity contribution in [3.63, 3.8) is 0 Å². The van der Waals surface area contributed by atoms with E-state index in [0.717, 1.165) is 12.8 Å².